The van der Waals surface area contributed by atoms with Gasteiger partial charge in [-0.1, -0.05) is 18.6 Å². The fourth-order valence-corrected chi connectivity index (χ4v) is 2.21. The zero-order chi connectivity index (χ0) is 11.4. The van der Waals surface area contributed by atoms with Crippen molar-refractivity contribution < 1.29 is 8.78 Å². The zero-order valence-electron chi connectivity index (χ0n) is 9.26. The maximum absolute atomic E-state index is 13.9. The van der Waals surface area contributed by atoms with Gasteiger partial charge in [0, 0.05) is 6.04 Å². The molecule has 0 saturated carbocycles. The van der Waals surface area contributed by atoms with E-state index in [1.165, 1.54) is 18.6 Å². The van der Waals surface area contributed by atoms with Gasteiger partial charge in [-0.3, -0.25) is 0 Å². The molecule has 1 N–H and O–H groups in total. The van der Waals surface area contributed by atoms with Crippen molar-refractivity contribution in [3.63, 3.8) is 0 Å². The van der Waals surface area contributed by atoms with E-state index in [2.05, 4.69) is 5.32 Å². The van der Waals surface area contributed by atoms with E-state index < -0.39 is 6.17 Å². The first-order valence-electron chi connectivity index (χ1n) is 5.88. The van der Waals surface area contributed by atoms with Crippen LogP contribution >= 0.6 is 0 Å². The molecule has 1 aliphatic heterocycles. The molecular formula is C13H17F2N. The highest BCUT2D eigenvalue weighted by Crippen LogP contribution is 2.25. The molecule has 88 valence electrons. The number of halogens is 2. The van der Waals surface area contributed by atoms with E-state index in [0.717, 1.165) is 19.4 Å². The van der Waals surface area contributed by atoms with Gasteiger partial charge in [0.2, 0.25) is 0 Å². The summed E-state index contributed by atoms with van der Waals surface area (Å²) in [6.45, 7) is 0.973. The highest BCUT2D eigenvalue weighted by Gasteiger charge is 2.19. The summed E-state index contributed by atoms with van der Waals surface area (Å²) < 4.78 is 26.8. The molecule has 2 unspecified atom stereocenters. The summed E-state index contributed by atoms with van der Waals surface area (Å²) in [5.74, 6) is -0.364. The average molecular weight is 225 g/mol. The summed E-state index contributed by atoms with van der Waals surface area (Å²) in [5, 5.41) is 3.30. The summed E-state index contributed by atoms with van der Waals surface area (Å²) in [6.07, 6.45) is 2.74. The topological polar surface area (TPSA) is 12.0 Å². The summed E-state index contributed by atoms with van der Waals surface area (Å²) >= 11 is 0. The van der Waals surface area contributed by atoms with Crippen LogP contribution in [0.15, 0.2) is 24.3 Å². The Morgan fingerprint density at radius 2 is 2.25 bits per heavy atom. The number of alkyl halides is 1. The predicted molar refractivity (Wildman–Crippen MR) is 60.5 cm³/mol. The van der Waals surface area contributed by atoms with Crippen molar-refractivity contribution in [2.45, 2.75) is 37.9 Å². The molecule has 1 heterocycles. The van der Waals surface area contributed by atoms with Crippen LogP contribution in [0.5, 0.6) is 0 Å². The lowest BCUT2D eigenvalue weighted by Crippen LogP contribution is -2.34. The van der Waals surface area contributed by atoms with Crippen LogP contribution in [0.4, 0.5) is 8.78 Å². The minimum atomic E-state index is -1.06. The first-order chi connectivity index (χ1) is 7.75. The van der Waals surface area contributed by atoms with E-state index in [0.29, 0.717) is 12.0 Å². The van der Waals surface area contributed by atoms with E-state index in [1.54, 1.807) is 12.1 Å². The molecule has 1 fully saturated rings. The predicted octanol–water partition coefficient (Wildman–Crippen LogP) is 3.37. The van der Waals surface area contributed by atoms with Gasteiger partial charge in [0.1, 0.15) is 12.0 Å². The molecule has 0 aromatic heterocycles. The molecule has 3 heteroatoms. The molecule has 0 aliphatic carbocycles. The average Bonchev–Trinajstić information content (AvgIpc) is 2.30. The van der Waals surface area contributed by atoms with Crippen molar-refractivity contribution in [3.8, 4) is 0 Å². The van der Waals surface area contributed by atoms with Crippen molar-refractivity contribution in [1.82, 2.24) is 5.32 Å². The van der Waals surface area contributed by atoms with Crippen LogP contribution in [0.25, 0.3) is 0 Å². The number of hydrogen-bond acceptors (Lipinski definition) is 1. The number of benzene rings is 1. The Balaban J connectivity index is 1.94. The van der Waals surface area contributed by atoms with Gasteiger partial charge in [-0.25, -0.2) is 8.78 Å². The molecule has 1 aromatic rings. The van der Waals surface area contributed by atoms with E-state index in [-0.39, 0.29) is 11.9 Å². The monoisotopic (exact) mass is 225 g/mol. The van der Waals surface area contributed by atoms with Gasteiger partial charge < -0.3 is 5.32 Å². The molecule has 2 atom stereocenters. The van der Waals surface area contributed by atoms with Crippen LogP contribution in [-0.4, -0.2) is 12.6 Å². The normalized spacial score (nSPS) is 23.0. The molecule has 1 nitrogen and oxygen atoms in total. The molecule has 2 rings (SSSR count). The van der Waals surface area contributed by atoms with Gasteiger partial charge >= 0.3 is 0 Å². The molecule has 16 heavy (non-hydrogen) atoms. The van der Waals surface area contributed by atoms with Gasteiger partial charge in [0.15, 0.2) is 0 Å². The Hall–Kier alpha value is -0.960. The van der Waals surface area contributed by atoms with Crippen LogP contribution in [-0.2, 0) is 0 Å². The second-order valence-corrected chi connectivity index (χ2v) is 4.41. The summed E-state index contributed by atoms with van der Waals surface area (Å²) in [5.41, 5.74) is 0.451. The van der Waals surface area contributed by atoms with E-state index in [9.17, 15) is 8.78 Å². The van der Waals surface area contributed by atoms with Gasteiger partial charge in [-0.2, -0.15) is 0 Å². The Morgan fingerprint density at radius 3 is 2.94 bits per heavy atom. The summed E-state index contributed by atoms with van der Waals surface area (Å²) in [6, 6.07) is 6.08. The zero-order valence-corrected chi connectivity index (χ0v) is 9.26. The fourth-order valence-electron chi connectivity index (χ4n) is 2.21. The summed E-state index contributed by atoms with van der Waals surface area (Å²) in [4.78, 5) is 0. The largest absolute Gasteiger partial charge is 0.314 e. The second-order valence-electron chi connectivity index (χ2n) is 4.41. The molecule has 0 amide bonds. The smallest absolute Gasteiger partial charge is 0.127 e. The number of piperidine rings is 1. The molecule has 0 bridgehead atoms. The lowest BCUT2D eigenvalue weighted by atomic mass is 9.97. The van der Waals surface area contributed by atoms with E-state index in [4.69, 9.17) is 0 Å². The maximum Gasteiger partial charge on any atom is 0.127 e. The van der Waals surface area contributed by atoms with Gasteiger partial charge in [-0.15, -0.1) is 0 Å². The standard InChI is InChI=1S/C13H17F2N/c14-11-5-3-4-10(8-11)13(15)9-12-6-1-2-7-16-12/h3-5,8,12-13,16H,1-2,6-7,9H2. The molecule has 1 saturated heterocycles. The van der Waals surface area contributed by atoms with Crippen molar-refractivity contribution >= 4 is 0 Å². The van der Waals surface area contributed by atoms with Crippen molar-refractivity contribution in [2.24, 2.45) is 0 Å². The third kappa shape index (κ3) is 3.01. The first kappa shape index (κ1) is 11.5. The highest BCUT2D eigenvalue weighted by atomic mass is 19.1. The van der Waals surface area contributed by atoms with Crippen LogP contribution in [0, 0.1) is 5.82 Å². The third-order valence-corrected chi connectivity index (χ3v) is 3.11. The van der Waals surface area contributed by atoms with Gasteiger partial charge in [0.05, 0.1) is 0 Å². The van der Waals surface area contributed by atoms with E-state index in [1.807, 2.05) is 0 Å². The second kappa shape index (κ2) is 5.39. The van der Waals surface area contributed by atoms with Crippen LogP contribution in [0.1, 0.15) is 37.4 Å². The van der Waals surface area contributed by atoms with Gasteiger partial charge in [-0.05, 0) is 43.5 Å². The number of nitrogens with one attached hydrogen (secondary N) is 1. The van der Waals surface area contributed by atoms with Crippen molar-refractivity contribution in [2.75, 3.05) is 6.54 Å². The minimum absolute atomic E-state index is 0.243. The van der Waals surface area contributed by atoms with E-state index >= 15 is 0 Å². The SMILES string of the molecule is Fc1cccc(C(F)CC2CCCCN2)c1. The Labute approximate surface area is 94.9 Å². The van der Waals surface area contributed by atoms with Crippen molar-refractivity contribution in [1.29, 1.82) is 0 Å². The van der Waals surface area contributed by atoms with Crippen LogP contribution < -0.4 is 5.32 Å². The maximum atomic E-state index is 13.9. The lowest BCUT2D eigenvalue weighted by molar-refractivity contribution is 0.260. The lowest BCUT2D eigenvalue weighted by Gasteiger charge is -2.24. The third-order valence-electron chi connectivity index (χ3n) is 3.11. The fraction of sp³-hybridized carbons (Fsp3) is 0.538. The number of hydrogen-bond donors (Lipinski definition) is 1. The first-order valence-corrected chi connectivity index (χ1v) is 5.88. The Morgan fingerprint density at radius 1 is 1.38 bits per heavy atom. The molecule has 1 aliphatic rings. The van der Waals surface area contributed by atoms with Crippen molar-refractivity contribution in [3.05, 3.63) is 35.6 Å². The molecular weight excluding hydrogens is 208 g/mol. The molecule has 0 radical (unpaired) electrons. The Kier molecular flexibility index (Phi) is 3.88. The van der Waals surface area contributed by atoms with Gasteiger partial charge in [0.25, 0.3) is 0 Å². The molecule has 1 aromatic carbocycles. The quantitative estimate of drug-likeness (QED) is 0.831. The summed E-state index contributed by atoms with van der Waals surface area (Å²) in [7, 11) is 0. The molecule has 0 spiro atoms. The van der Waals surface area contributed by atoms with Crippen LogP contribution in [0.2, 0.25) is 0 Å². The number of rotatable bonds is 3. The van der Waals surface area contributed by atoms with Crippen LogP contribution in [0.3, 0.4) is 0 Å². The Bertz CT molecular complexity index is 334. The minimum Gasteiger partial charge on any atom is -0.314 e. The highest BCUT2D eigenvalue weighted by molar-refractivity contribution is 5.19.